The Bertz CT molecular complexity index is 798. The van der Waals surface area contributed by atoms with Gasteiger partial charge in [0.1, 0.15) is 5.82 Å². The summed E-state index contributed by atoms with van der Waals surface area (Å²) in [6.07, 6.45) is 6.90. The number of aryl methyl sites for hydroxylation is 1. The van der Waals surface area contributed by atoms with E-state index in [1.807, 2.05) is 29.2 Å². The van der Waals surface area contributed by atoms with Crippen molar-refractivity contribution in [1.82, 2.24) is 14.9 Å². The second-order valence-corrected chi connectivity index (χ2v) is 7.62. The average molecular weight is 366 g/mol. The zero-order valence-electron chi connectivity index (χ0n) is 15.6. The third kappa shape index (κ3) is 3.67. The number of hydrogen-bond acceptors (Lipinski definition) is 5. The van der Waals surface area contributed by atoms with Gasteiger partial charge in [-0.15, -0.1) is 0 Å². The Morgan fingerprint density at radius 3 is 2.74 bits per heavy atom. The standard InChI is InChI=1S/C21H26N4O2/c1-2-14-5-3-4-6-17(14)21(27)25-12-15-9-18(19(26)10-16(15)13-25)24-20-11-22-7-8-23-20/h3-8,11,15-16,18-19,26H,2,9-10,12-13H2,1H3,(H,23,24)/t15-,16+,18-,19-/m1/s1. The summed E-state index contributed by atoms with van der Waals surface area (Å²) >= 11 is 0. The Kier molecular flexibility index (Phi) is 5.07. The molecule has 1 saturated heterocycles. The van der Waals surface area contributed by atoms with Crippen LogP contribution in [0.3, 0.4) is 0 Å². The van der Waals surface area contributed by atoms with E-state index in [0.717, 1.165) is 37.1 Å². The molecule has 0 spiro atoms. The first-order valence-electron chi connectivity index (χ1n) is 9.73. The lowest BCUT2D eigenvalue weighted by atomic mass is 9.77. The third-order valence-electron chi connectivity index (χ3n) is 5.95. The molecule has 6 nitrogen and oxygen atoms in total. The Morgan fingerprint density at radius 2 is 2.00 bits per heavy atom. The first kappa shape index (κ1) is 17.9. The number of nitrogens with zero attached hydrogens (tertiary/aromatic N) is 3. The van der Waals surface area contributed by atoms with E-state index < -0.39 is 6.10 Å². The van der Waals surface area contributed by atoms with Crippen molar-refractivity contribution < 1.29 is 9.90 Å². The number of aromatic nitrogens is 2. The number of rotatable bonds is 4. The molecule has 4 rings (SSSR count). The monoisotopic (exact) mass is 366 g/mol. The average Bonchev–Trinajstić information content (AvgIpc) is 3.11. The second kappa shape index (κ2) is 7.64. The summed E-state index contributed by atoms with van der Waals surface area (Å²) in [6, 6.07) is 7.82. The number of hydrogen-bond donors (Lipinski definition) is 2. The Morgan fingerprint density at radius 1 is 1.22 bits per heavy atom. The highest BCUT2D eigenvalue weighted by Gasteiger charge is 2.43. The van der Waals surface area contributed by atoms with E-state index >= 15 is 0 Å². The number of aliphatic hydroxyl groups excluding tert-OH is 1. The van der Waals surface area contributed by atoms with Gasteiger partial charge in [0, 0.05) is 31.0 Å². The number of fused-ring (bicyclic) bond motifs is 1. The zero-order chi connectivity index (χ0) is 18.8. The fourth-order valence-corrected chi connectivity index (χ4v) is 4.52. The Balaban J connectivity index is 1.44. The highest BCUT2D eigenvalue weighted by Crippen LogP contribution is 2.38. The van der Waals surface area contributed by atoms with Gasteiger partial charge >= 0.3 is 0 Å². The van der Waals surface area contributed by atoms with Crippen LogP contribution in [-0.4, -0.2) is 51.1 Å². The molecule has 1 aliphatic heterocycles. The van der Waals surface area contributed by atoms with Crippen molar-refractivity contribution >= 4 is 11.7 Å². The van der Waals surface area contributed by atoms with Gasteiger partial charge in [0.05, 0.1) is 18.3 Å². The van der Waals surface area contributed by atoms with Crippen molar-refractivity contribution in [2.75, 3.05) is 18.4 Å². The van der Waals surface area contributed by atoms with Crippen LogP contribution in [0, 0.1) is 11.8 Å². The van der Waals surface area contributed by atoms with E-state index in [9.17, 15) is 9.90 Å². The summed E-state index contributed by atoms with van der Waals surface area (Å²) in [5.74, 6) is 1.57. The van der Waals surface area contributed by atoms with Crippen LogP contribution in [0.4, 0.5) is 5.82 Å². The molecule has 2 aliphatic rings. The largest absolute Gasteiger partial charge is 0.391 e. The number of carbonyl (C=O) groups excluding carboxylic acids is 1. The van der Waals surface area contributed by atoms with E-state index in [4.69, 9.17) is 0 Å². The van der Waals surface area contributed by atoms with Crippen LogP contribution < -0.4 is 5.32 Å². The minimum absolute atomic E-state index is 0.0547. The van der Waals surface area contributed by atoms with Gasteiger partial charge in [0.15, 0.2) is 0 Å². The molecule has 0 unspecified atom stereocenters. The molecule has 0 bridgehead atoms. The minimum atomic E-state index is -0.439. The van der Waals surface area contributed by atoms with Crippen LogP contribution in [0.5, 0.6) is 0 Å². The summed E-state index contributed by atoms with van der Waals surface area (Å²) in [5.41, 5.74) is 1.91. The lowest BCUT2D eigenvalue weighted by Crippen LogP contribution is -2.43. The van der Waals surface area contributed by atoms with Crippen LogP contribution in [0.2, 0.25) is 0 Å². The fraction of sp³-hybridized carbons (Fsp3) is 0.476. The van der Waals surface area contributed by atoms with Gasteiger partial charge in [0.2, 0.25) is 0 Å². The van der Waals surface area contributed by atoms with Gasteiger partial charge in [-0.25, -0.2) is 4.98 Å². The zero-order valence-corrected chi connectivity index (χ0v) is 15.6. The van der Waals surface area contributed by atoms with E-state index in [2.05, 4.69) is 22.2 Å². The third-order valence-corrected chi connectivity index (χ3v) is 5.95. The van der Waals surface area contributed by atoms with Gasteiger partial charge in [-0.05, 0) is 42.7 Å². The quantitative estimate of drug-likeness (QED) is 0.869. The van der Waals surface area contributed by atoms with Crippen molar-refractivity contribution in [3.8, 4) is 0 Å². The van der Waals surface area contributed by atoms with E-state index in [1.54, 1.807) is 18.6 Å². The molecule has 1 aromatic heterocycles. The fourth-order valence-electron chi connectivity index (χ4n) is 4.52. The molecular weight excluding hydrogens is 340 g/mol. The normalized spacial score (nSPS) is 27.3. The molecule has 1 aliphatic carbocycles. The lowest BCUT2D eigenvalue weighted by Gasteiger charge is -2.35. The lowest BCUT2D eigenvalue weighted by molar-refractivity contribution is 0.0727. The molecule has 142 valence electrons. The maximum absolute atomic E-state index is 13.1. The molecule has 6 heteroatoms. The first-order chi connectivity index (χ1) is 13.2. The van der Waals surface area contributed by atoms with Crippen LogP contribution >= 0.6 is 0 Å². The number of anilines is 1. The highest BCUT2D eigenvalue weighted by molar-refractivity contribution is 5.95. The number of carbonyl (C=O) groups is 1. The molecule has 2 aromatic rings. The van der Waals surface area contributed by atoms with Crippen molar-refractivity contribution in [1.29, 1.82) is 0 Å². The van der Waals surface area contributed by atoms with Gasteiger partial charge in [-0.1, -0.05) is 25.1 Å². The summed E-state index contributed by atoms with van der Waals surface area (Å²) in [6.45, 7) is 3.57. The summed E-state index contributed by atoms with van der Waals surface area (Å²) < 4.78 is 0. The molecule has 4 atom stereocenters. The molecule has 2 fully saturated rings. The maximum Gasteiger partial charge on any atom is 0.254 e. The SMILES string of the molecule is CCc1ccccc1C(=O)N1C[C@H]2C[C@@H](Nc3cnccn3)[C@H](O)C[C@H]2C1. The Hall–Kier alpha value is -2.47. The molecule has 2 heterocycles. The van der Waals surface area contributed by atoms with Gasteiger partial charge in [-0.2, -0.15) is 0 Å². The van der Waals surface area contributed by atoms with Crippen LogP contribution in [0.1, 0.15) is 35.7 Å². The van der Waals surface area contributed by atoms with Crippen LogP contribution in [-0.2, 0) is 6.42 Å². The molecule has 2 N–H and O–H groups in total. The van der Waals surface area contributed by atoms with Crippen molar-refractivity contribution in [3.63, 3.8) is 0 Å². The smallest absolute Gasteiger partial charge is 0.254 e. The number of amides is 1. The summed E-state index contributed by atoms with van der Waals surface area (Å²) in [7, 11) is 0. The summed E-state index contributed by atoms with van der Waals surface area (Å²) in [4.78, 5) is 23.3. The van der Waals surface area contributed by atoms with Crippen molar-refractivity contribution in [2.45, 2.75) is 38.3 Å². The number of aliphatic hydroxyl groups is 1. The second-order valence-electron chi connectivity index (χ2n) is 7.62. The van der Waals surface area contributed by atoms with E-state index in [0.29, 0.717) is 24.1 Å². The van der Waals surface area contributed by atoms with Crippen LogP contribution in [0.15, 0.2) is 42.9 Å². The van der Waals surface area contributed by atoms with Crippen molar-refractivity contribution in [3.05, 3.63) is 54.0 Å². The first-order valence-corrected chi connectivity index (χ1v) is 9.73. The van der Waals surface area contributed by atoms with Gasteiger partial charge in [-0.3, -0.25) is 9.78 Å². The van der Waals surface area contributed by atoms with Gasteiger partial charge in [0.25, 0.3) is 5.91 Å². The molecule has 1 saturated carbocycles. The topological polar surface area (TPSA) is 78.4 Å². The summed E-state index contributed by atoms with van der Waals surface area (Å²) in [5, 5.41) is 13.9. The molecule has 1 amide bonds. The molecule has 27 heavy (non-hydrogen) atoms. The number of benzene rings is 1. The van der Waals surface area contributed by atoms with E-state index in [1.165, 1.54) is 0 Å². The molecular formula is C21H26N4O2. The van der Waals surface area contributed by atoms with Gasteiger partial charge < -0.3 is 15.3 Å². The number of likely N-dealkylation sites (tertiary alicyclic amines) is 1. The van der Waals surface area contributed by atoms with Crippen molar-refractivity contribution in [2.24, 2.45) is 11.8 Å². The van der Waals surface area contributed by atoms with Crippen LogP contribution in [0.25, 0.3) is 0 Å². The molecule has 1 aromatic carbocycles. The number of nitrogens with one attached hydrogen (secondary N) is 1. The van der Waals surface area contributed by atoms with E-state index in [-0.39, 0.29) is 11.9 Å². The highest BCUT2D eigenvalue weighted by atomic mass is 16.3. The minimum Gasteiger partial charge on any atom is -0.391 e. The predicted octanol–water partition coefficient (Wildman–Crippen LogP) is 2.36. The molecule has 0 radical (unpaired) electrons. The maximum atomic E-state index is 13.1. The Labute approximate surface area is 159 Å². The predicted molar refractivity (Wildman–Crippen MR) is 103 cm³/mol.